The smallest absolute Gasteiger partial charge is 0.248 e. The molecule has 0 aliphatic carbocycles. The van der Waals surface area contributed by atoms with Crippen molar-refractivity contribution in [2.75, 3.05) is 32.8 Å². The number of ether oxygens (including phenoxy) is 1. The molecule has 0 radical (unpaired) electrons. The van der Waals surface area contributed by atoms with Crippen molar-refractivity contribution in [2.24, 2.45) is 5.92 Å². The zero-order valence-corrected chi connectivity index (χ0v) is 11.4. The molecule has 0 spiro atoms. The number of piperidine rings is 1. The predicted molar refractivity (Wildman–Crippen MR) is 68.9 cm³/mol. The molecule has 0 atom stereocenters. The average molecular weight is 242 g/mol. The maximum absolute atomic E-state index is 11.9. The van der Waals surface area contributed by atoms with Crippen LogP contribution in [0.25, 0.3) is 0 Å². The third-order valence-corrected chi connectivity index (χ3v) is 3.21. The van der Waals surface area contributed by atoms with Crippen molar-refractivity contribution in [3.05, 3.63) is 0 Å². The molecule has 0 aromatic rings. The van der Waals surface area contributed by atoms with Gasteiger partial charge in [-0.15, -0.1) is 0 Å². The monoisotopic (exact) mass is 242 g/mol. The van der Waals surface area contributed by atoms with Crippen LogP contribution in [0.4, 0.5) is 0 Å². The van der Waals surface area contributed by atoms with E-state index in [9.17, 15) is 4.79 Å². The first-order chi connectivity index (χ1) is 8.13. The lowest BCUT2D eigenvalue weighted by molar-refractivity contribution is -0.138. The van der Waals surface area contributed by atoms with Gasteiger partial charge >= 0.3 is 0 Å². The topological polar surface area (TPSA) is 41.6 Å². The van der Waals surface area contributed by atoms with Gasteiger partial charge in [0.25, 0.3) is 0 Å². The fourth-order valence-corrected chi connectivity index (χ4v) is 2.11. The molecule has 0 unspecified atom stereocenters. The quantitative estimate of drug-likeness (QED) is 0.762. The number of carbonyl (C=O) groups excluding carboxylic acids is 1. The first-order valence-corrected chi connectivity index (χ1v) is 6.73. The number of rotatable bonds is 6. The maximum atomic E-state index is 11.9. The SMILES string of the molecule is CCN(CC1CCNCC1)C(=O)COC(C)C. The number of nitrogens with zero attached hydrogens (tertiary/aromatic N) is 1. The van der Waals surface area contributed by atoms with E-state index in [1.807, 2.05) is 25.7 Å². The van der Waals surface area contributed by atoms with Crippen LogP contribution in [0.5, 0.6) is 0 Å². The number of hydrogen-bond acceptors (Lipinski definition) is 3. The van der Waals surface area contributed by atoms with Gasteiger partial charge in [-0.3, -0.25) is 4.79 Å². The van der Waals surface area contributed by atoms with E-state index >= 15 is 0 Å². The summed E-state index contributed by atoms with van der Waals surface area (Å²) in [5, 5.41) is 3.35. The van der Waals surface area contributed by atoms with Gasteiger partial charge in [-0.2, -0.15) is 0 Å². The summed E-state index contributed by atoms with van der Waals surface area (Å²) in [6.45, 7) is 10.00. The summed E-state index contributed by atoms with van der Waals surface area (Å²) >= 11 is 0. The molecule has 1 amide bonds. The third kappa shape index (κ3) is 5.50. The Balaban J connectivity index is 2.32. The Morgan fingerprint density at radius 1 is 1.41 bits per heavy atom. The van der Waals surface area contributed by atoms with Crippen molar-refractivity contribution in [2.45, 2.75) is 39.7 Å². The van der Waals surface area contributed by atoms with Gasteiger partial charge in [0, 0.05) is 13.1 Å². The van der Waals surface area contributed by atoms with Gasteiger partial charge in [-0.1, -0.05) is 0 Å². The standard InChI is InChI=1S/C13H26N2O2/c1-4-15(13(16)10-17-11(2)3)9-12-5-7-14-8-6-12/h11-12,14H,4-10H2,1-3H3. The van der Waals surface area contributed by atoms with E-state index in [2.05, 4.69) is 5.32 Å². The Bertz CT molecular complexity index is 225. The van der Waals surface area contributed by atoms with Crippen LogP contribution in [0.1, 0.15) is 33.6 Å². The van der Waals surface area contributed by atoms with Crippen LogP contribution in [0.15, 0.2) is 0 Å². The Kier molecular flexibility index (Phi) is 6.52. The lowest BCUT2D eigenvalue weighted by Gasteiger charge is -2.29. The molecule has 1 rings (SSSR count). The third-order valence-electron chi connectivity index (χ3n) is 3.21. The molecular formula is C13H26N2O2. The molecule has 4 nitrogen and oxygen atoms in total. The van der Waals surface area contributed by atoms with Crippen molar-refractivity contribution in [1.29, 1.82) is 0 Å². The first-order valence-electron chi connectivity index (χ1n) is 6.73. The highest BCUT2D eigenvalue weighted by molar-refractivity contribution is 5.77. The van der Waals surface area contributed by atoms with Gasteiger partial charge in [0.1, 0.15) is 6.61 Å². The van der Waals surface area contributed by atoms with Gasteiger partial charge in [0.2, 0.25) is 5.91 Å². The molecule has 1 fully saturated rings. The second kappa shape index (κ2) is 7.67. The molecule has 4 heteroatoms. The largest absolute Gasteiger partial charge is 0.369 e. The lowest BCUT2D eigenvalue weighted by atomic mass is 9.97. The van der Waals surface area contributed by atoms with Gasteiger partial charge in [0.05, 0.1) is 6.10 Å². The normalized spacial score (nSPS) is 17.4. The van der Waals surface area contributed by atoms with E-state index in [0.29, 0.717) is 5.92 Å². The molecular weight excluding hydrogens is 216 g/mol. The van der Waals surface area contributed by atoms with Crippen LogP contribution in [0, 0.1) is 5.92 Å². The van der Waals surface area contributed by atoms with Crippen molar-refractivity contribution >= 4 is 5.91 Å². The second-order valence-electron chi connectivity index (χ2n) is 4.99. The van der Waals surface area contributed by atoms with E-state index < -0.39 is 0 Å². The van der Waals surface area contributed by atoms with E-state index in [4.69, 9.17) is 4.74 Å². The molecule has 0 bridgehead atoms. The van der Waals surface area contributed by atoms with Crippen molar-refractivity contribution in [1.82, 2.24) is 10.2 Å². The Morgan fingerprint density at radius 2 is 2.06 bits per heavy atom. The molecule has 1 saturated heterocycles. The Labute approximate surface area is 105 Å². The molecule has 17 heavy (non-hydrogen) atoms. The molecule has 100 valence electrons. The summed E-state index contributed by atoms with van der Waals surface area (Å²) in [5.41, 5.74) is 0. The van der Waals surface area contributed by atoms with E-state index in [1.165, 1.54) is 12.8 Å². The maximum Gasteiger partial charge on any atom is 0.248 e. The second-order valence-corrected chi connectivity index (χ2v) is 4.99. The minimum atomic E-state index is 0.122. The van der Waals surface area contributed by atoms with Crippen LogP contribution >= 0.6 is 0 Å². The molecule has 1 aliphatic rings. The van der Waals surface area contributed by atoms with E-state index in [0.717, 1.165) is 26.2 Å². The van der Waals surface area contributed by atoms with Crippen molar-refractivity contribution in [3.8, 4) is 0 Å². The summed E-state index contributed by atoms with van der Waals surface area (Å²) in [6, 6.07) is 0. The Hall–Kier alpha value is -0.610. The van der Waals surface area contributed by atoms with E-state index in [1.54, 1.807) is 0 Å². The molecule has 0 aromatic carbocycles. The number of likely N-dealkylation sites (N-methyl/N-ethyl adjacent to an activating group) is 1. The number of hydrogen-bond donors (Lipinski definition) is 1. The molecule has 1 aliphatic heterocycles. The summed E-state index contributed by atoms with van der Waals surface area (Å²) in [6.07, 6.45) is 2.47. The Morgan fingerprint density at radius 3 is 2.59 bits per heavy atom. The minimum absolute atomic E-state index is 0.122. The van der Waals surface area contributed by atoms with Crippen LogP contribution < -0.4 is 5.32 Å². The predicted octanol–water partition coefficient (Wildman–Crippen LogP) is 1.26. The summed E-state index contributed by atoms with van der Waals surface area (Å²) < 4.78 is 5.37. The number of nitrogens with one attached hydrogen (secondary N) is 1. The summed E-state index contributed by atoms with van der Waals surface area (Å²) in [4.78, 5) is 13.9. The molecule has 0 aromatic heterocycles. The molecule has 0 saturated carbocycles. The zero-order chi connectivity index (χ0) is 12.7. The average Bonchev–Trinajstić information content (AvgIpc) is 2.34. The van der Waals surface area contributed by atoms with Gasteiger partial charge in [-0.05, 0) is 52.6 Å². The van der Waals surface area contributed by atoms with Gasteiger partial charge in [0.15, 0.2) is 0 Å². The summed E-state index contributed by atoms with van der Waals surface area (Å²) in [7, 11) is 0. The molecule has 1 heterocycles. The highest BCUT2D eigenvalue weighted by Crippen LogP contribution is 2.13. The van der Waals surface area contributed by atoms with Gasteiger partial charge < -0.3 is 15.0 Å². The molecule has 1 N–H and O–H groups in total. The zero-order valence-electron chi connectivity index (χ0n) is 11.4. The highest BCUT2D eigenvalue weighted by Gasteiger charge is 2.19. The highest BCUT2D eigenvalue weighted by atomic mass is 16.5. The van der Waals surface area contributed by atoms with Crippen molar-refractivity contribution < 1.29 is 9.53 Å². The van der Waals surface area contributed by atoms with Crippen LogP contribution in [-0.4, -0.2) is 49.7 Å². The number of amides is 1. The fourth-order valence-electron chi connectivity index (χ4n) is 2.11. The van der Waals surface area contributed by atoms with Crippen molar-refractivity contribution in [3.63, 3.8) is 0 Å². The first kappa shape index (κ1) is 14.5. The minimum Gasteiger partial charge on any atom is -0.369 e. The lowest BCUT2D eigenvalue weighted by Crippen LogP contribution is -2.41. The van der Waals surface area contributed by atoms with Crippen LogP contribution in [0.2, 0.25) is 0 Å². The van der Waals surface area contributed by atoms with Crippen LogP contribution in [0.3, 0.4) is 0 Å². The number of carbonyl (C=O) groups is 1. The summed E-state index contributed by atoms with van der Waals surface area (Å²) in [5.74, 6) is 0.777. The van der Waals surface area contributed by atoms with Crippen LogP contribution in [-0.2, 0) is 9.53 Å². The fraction of sp³-hybridized carbons (Fsp3) is 0.923. The van der Waals surface area contributed by atoms with Gasteiger partial charge in [-0.25, -0.2) is 0 Å². The van der Waals surface area contributed by atoms with E-state index in [-0.39, 0.29) is 18.6 Å².